The summed E-state index contributed by atoms with van der Waals surface area (Å²) in [5.74, 6) is 0.314. The van der Waals surface area contributed by atoms with Gasteiger partial charge in [0, 0.05) is 38.9 Å². The van der Waals surface area contributed by atoms with E-state index in [2.05, 4.69) is 29.1 Å². The lowest BCUT2D eigenvalue weighted by atomic mass is 9.93. The van der Waals surface area contributed by atoms with E-state index in [0.717, 1.165) is 44.7 Å². The number of hydrogen-bond acceptors (Lipinski definition) is 5. The smallest absolute Gasteiger partial charge is 0.211 e. The van der Waals surface area contributed by atoms with Gasteiger partial charge in [-0.1, -0.05) is 19.1 Å². The third-order valence-electron chi connectivity index (χ3n) is 5.12. The van der Waals surface area contributed by atoms with Gasteiger partial charge in [-0.05, 0) is 37.1 Å². The fourth-order valence-corrected chi connectivity index (χ4v) is 4.77. The monoisotopic (exact) mass is 355 g/mol. The van der Waals surface area contributed by atoms with Crippen LogP contribution in [0.2, 0.25) is 0 Å². The molecule has 1 atom stereocenters. The highest BCUT2D eigenvalue weighted by Crippen LogP contribution is 2.29. The van der Waals surface area contributed by atoms with Gasteiger partial charge in [-0.2, -0.15) is 0 Å². The summed E-state index contributed by atoms with van der Waals surface area (Å²) in [6.45, 7) is 9.66. The summed E-state index contributed by atoms with van der Waals surface area (Å²) in [6, 6.07) is 0. The number of sulfonamides is 1. The molecule has 2 aliphatic rings. The van der Waals surface area contributed by atoms with Gasteiger partial charge in [-0.3, -0.25) is 9.58 Å². The van der Waals surface area contributed by atoms with Crippen LogP contribution in [-0.2, 0) is 23.1 Å². The van der Waals surface area contributed by atoms with Crippen LogP contribution in [0.5, 0.6) is 0 Å². The van der Waals surface area contributed by atoms with Crippen LogP contribution in [0.4, 0.5) is 0 Å². The molecule has 1 aromatic heterocycles. The highest BCUT2D eigenvalue weighted by atomic mass is 32.2. The van der Waals surface area contributed by atoms with Crippen molar-refractivity contribution in [3.05, 3.63) is 11.9 Å². The summed E-state index contributed by atoms with van der Waals surface area (Å²) in [5.41, 5.74) is 1.40. The third-order valence-corrected chi connectivity index (χ3v) is 6.39. The standard InChI is InChI=1S/C16H29N5O2S/c1-16(2)6-8-19(13-16)11-15-12-20(18-17-15)9-14-5-4-7-21(10-14)24(3,22)23/h12,14H,4-11,13H2,1-3H3/t14-/m1/s1. The van der Waals surface area contributed by atoms with Crippen LogP contribution in [0.25, 0.3) is 0 Å². The molecule has 24 heavy (non-hydrogen) atoms. The largest absolute Gasteiger partial charge is 0.297 e. The van der Waals surface area contributed by atoms with E-state index in [9.17, 15) is 8.42 Å². The van der Waals surface area contributed by atoms with E-state index in [1.165, 1.54) is 12.7 Å². The average Bonchev–Trinajstić information content (AvgIpc) is 3.05. The molecule has 0 aromatic carbocycles. The van der Waals surface area contributed by atoms with Gasteiger partial charge in [0.1, 0.15) is 0 Å². The molecule has 3 heterocycles. The summed E-state index contributed by atoms with van der Waals surface area (Å²) >= 11 is 0. The zero-order chi connectivity index (χ0) is 17.4. The van der Waals surface area contributed by atoms with Crippen LogP contribution in [0.3, 0.4) is 0 Å². The van der Waals surface area contributed by atoms with Crippen molar-refractivity contribution in [2.45, 2.75) is 46.2 Å². The van der Waals surface area contributed by atoms with Crippen LogP contribution in [0, 0.1) is 11.3 Å². The van der Waals surface area contributed by atoms with Gasteiger partial charge in [0.05, 0.1) is 11.9 Å². The van der Waals surface area contributed by atoms with Crippen molar-refractivity contribution in [2.24, 2.45) is 11.3 Å². The van der Waals surface area contributed by atoms with Crippen LogP contribution in [0.15, 0.2) is 6.20 Å². The fraction of sp³-hybridized carbons (Fsp3) is 0.875. The Balaban J connectivity index is 1.54. The predicted octanol–water partition coefficient (Wildman–Crippen LogP) is 1.18. The van der Waals surface area contributed by atoms with Crippen LogP contribution in [0.1, 0.15) is 38.8 Å². The van der Waals surface area contributed by atoms with Gasteiger partial charge in [-0.15, -0.1) is 5.10 Å². The van der Waals surface area contributed by atoms with Crippen molar-refractivity contribution in [1.82, 2.24) is 24.2 Å². The Hall–Kier alpha value is -0.990. The SMILES string of the molecule is CC1(C)CCN(Cc2cn(C[C@H]3CCCN(S(C)(=O)=O)C3)nn2)C1. The maximum absolute atomic E-state index is 11.7. The zero-order valence-corrected chi connectivity index (χ0v) is 15.8. The van der Waals surface area contributed by atoms with Gasteiger partial charge in [0.25, 0.3) is 0 Å². The molecular formula is C16H29N5O2S. The first kappa shape index (κ1) is 17.8. The molecule has 0 amide bonds. The van der Waals surface area contributed by atoms with E-state index in [-0.39, 0.29) is 0 Å². The maximum Gasteiger partial charge on any atom is 0.211 e. The maximum atomic E-state index is 11.7. The Kier molecular flexibility index (Phi) is 4.99. The summed E-state index contributed by atoms with van der Waals surface area (Å²) in [4.78, 5) is 2.43. The minimum Gasteiger partial charge on any atom is -0.297 e. The number of piperidine rings is 1. The van der Waals surface area contributed by atoms with Crippen LogP contribution in [-0.4, -0.2) is 65.1 Å². The van der Waals surface area contributed by atoms with Crippen molar-refractivity contribution in [1.29, 1.82) is 0 Å². The Labute approximate surface area is 145 Å². The molecule has 136 valence electrons. The Morgan fingerprint density at radius 2 is 2.12 bits per heavy atom. The molecule has 0 N–H and O–H groups in total. The van der Waals surface area contributed by atoms with Crippen molar-refractivity contribution < 1.29 is 8.42 Å². The van der Waals surface area contributed by atoms with Gasteiger partial charge >= 0.3 is 0 Å². The van der Waals surface area contributed by atoms with Gasteiger partial charge in [0.15, 0.2) is 0 Å². The predicted molar refractivity (Wildman–Crippen MR) is 92.8 cm³/mol. The lowest BCUT2D eigenvalue weighted by Gasteiger charge is -2.30. The van der Waals surface area contributed by atoms with Gasteiger partial charge < -0.3 is 0 Å². The summed E-state index contributed by atoms with van der Waals surface area (Å²) in [6.07, 6.45) is 6.50. The lowest BCUT2D eigenvalue weighted by molar-refractivity contribution is 0.239. The Bertz CT molecular complexity index is 670. The molecule has 0 unspecified atom stereocenters. The minimum absolute atomic E-state index is 0.314. The van der Waals surface area contributed by atoms with Crippen molar-refractivity contribution in [3.63, 3.8) is 0 Å². The fourth-order valence-electron chi connectivity index (χ4n) is 3.83. The van der Waals surface area contributed by atoms with E-state index in [1.807, 2.05) is 10.9 Å². The van der Waals surface area contributed by atoms with E-state index in [0.29, 0.717) is 24.4 Å². The van der Waals surface area contributed by atoms with Gasteiger partial charge in [-0.25, -0.2) is 12.7 Å². The summed E-state index contributed by atoms with van der Waals surface area (Å²) < 4.78 is 26.9. The molecule has 0 bridgehead atoms. The first-order valence-corrected chi connectivity index (χ1v) is 10.6. The quantitative estimate of drug-likeness (QED) is 0.793. The highest BCUT2D eigenvalue weighted by molar-refractivity contribution is 7.88. The molecule has 0 radical (unpaired) electrons. The summed E-state index contributed by atoms with van der Waals surface area (Å²) in [5, 5.41) is 8.55. The second-order valence-electron chi connectivity index (χ2n) is 8.19. The molecule has 0 saturated carbocycles. The second kappa shape index (κ2) is 6.72. The third kappa shape index (κ3) is 4.55. The van der Waals surface area contributed by atoms with E-state index in [4.69, 9.17) is 0 Å². The Morgan fingerprint density at radius 3 is 2.79 bits per heavy atom. The van der Waals surface area contributed by atoms with Crippen molar-refractivity contribution >= 4 is 10.0 Å². The Morgan fingerprint density at radius 1 is 1.33 bits per heavy atom. The van der Waals surface area contributed by atoms with Gasteiger partial charge in [0.2, 0.25) is 10.0 Å². The molecule has 0 aliphatic carbocycles. The minimum atomic E-state index is -3.09. The second-order valence-corrected chi connectivity index (χ2v) is 10.2. The van der Waals surface area contributed by atoms with E-state index < -0.39 is 10.0 Å². The molecular weight excluding hydrogens is 326 g/mol. The molecule has 1 aromatic rings. The molecule has 7 nitrogen and oxygen atoms in total. The topological polar surface area (TPSA) is 71.3 Å². The van der Waals surface area contributed by atoms with Crippen LogP contribution < -0.4 is 0 Å². The first-order valence-electron chi connectivity index (χ1n) is 8.78. The molecule has 0 spiro atoms. The van der Waals surface area contributed by atoms with Crippen molar-refractivity contribution in [3.8, 4) is 0 Å². The average molecular weight is 356 g/mol. The first-order chi connectivity index (χ1) is 11.2. The number of hydrogen-bond donors (Lipinski definition) is 0. The number of likely N-dealkylation sites (tertiary alicyclic amines) is 1. The van der Waals surface area contributed by atoms with E-state index in [1.54, 1.807) is 4.31 Å². The van der Waals surface area contributed by atoms with E-state index >= 15 is 0 Å². The normalized spacial score (nSPS) is 26.0. The highest BCUT2D eigenvalue weighted by Gasteiger charge is 2.30. The molecule has 8 heteroatoms. The lowest BCUT2D eigenvalue weighted by Crippen LogP contribution is -2.40. The summed E-state index contributed by atoms with van der Waals surface area (Å²) in [7, 11) is -3.09. The van der Waals surface area contributed by atoms with Crippen LogP contribution >= 0.6 is 0 Å². The zero-order valence-electron chi connectivity index (χ0n) is 15.0. The number of rotatable bonds is 5. The van der Waals surface area contributed by atoms with Crippen molar-refractivity contribution in [2.75, 3.05) is 32.4 Å². The molecule has 2 saturated heterocycles. The number of aromatic nitrogens is 3. The molecule has 2 fully saturated rings. The molecule has 3 rings (SSSR count). The number of nitrogens with zero attached hydrogens (tertiary/aromatic N) is 5. The molecule has 2 aliphatic heterocycles.